The van der Waals surface area contributed by atoms with E-state index in [9.17, 15) is 4.79 Å². The summed E-state index contributed by atoms with van der Waals surface area (Å²) in [5.74, 6) is 0. The fraction of sp³-hybridized carbons (Fsp3) is 0.286. The van der Waals surface area contributed by atoms with E-state index in [0.717, 1.165) is 0 Å². The largest absolute Gasteiger partial charge is 0.301 e. The Bertz CT molecular complexity index is 208. The molecule has 1 unspecified atom stereocenters. The van der Waals surface area contributed by atoms with Gasteiger partial charge in [-0.15, -0.1) is 11.6 Å². The van der Waals surface area contributed by atoms with Gasteiger partial charge in [0.05, 0.1) is 0 Å². The molecule has 0 amide bonds. The lowest BCUT2D eigenvalue weighted by molar-refractivity contribution is -0.109. The highest BCUT2D eigenvalue weighted by Gasteiger charge is 2.25. The highest BCUT2D eigenvalue weighted by Crippen LogP contribution is 2.29. The summed E-state index contributed by atoms with van der Waals surface area (Å²) < 4.78 is 0. The van der Waals surface area contributed by atoms with Gasteiger partial charge in [-0.05, 0) is 6.08 Å². The minimum absolute atomic E-state index is 0.399. The van der Waals surface area contributed by atoms with E-state index in [1.165, 1.54) is 0 Å². The molecule has 0 bridgehead atoms. The zero-order valence-corrected chi connectivity index (χ0v) is 6.69. The molecule has 1 aliphatic carbocycles. The Morgan fingerprint density at radius 2 is 2.40 bits per heavy atom. The van der Waals surface area contributed by atoms with Crippen LogP contribution in [0.4, 0.5) is 0 Å². The summed E-state index contributed by atoms with van der Waals surface area (Å²) in [6.45, 7) is 0. The number of carbonyl (C=O) groups is 1. The molecule has 0 aromatic carbocycles. The molecule has 1 atom stereocenters. The van der Waals surface area contributed by atoms with Crippen LogP contribution < -0.4 is 0 Å². The highest BCUT2D eigenvalue weighted by molar-refractivity contribution is 6.36. The van der Waals surface area contributed by atoms with Crippen molar-refractivity contribution in [3.63, 3.8) is 0 Å². The number of hydrogen-bond acceptors (Lipinski definition) is 1. The van der Waals surface area contributed by atoms with E-state index < -0.39 is 4.87 Å². The zero-order chi connectivity index (χ0) is 7.61. The van der Waals surface area contributed by atoms with Crippen LogP contribution in [0, 0.1) is 0 Å². The lowest BCUT2D eigenvalue weighted by atomic mass is 10.0. The second kappa shape index (κ2) is 2.77. The first-order valence-electron chi connectivity index (χ1n) is 2.85. The Kier molecular flexibility index (Phi) is 2.17. The summed E-state index contributed by atoms with van der Waals surface area (Å²) in [4.78, 5) is 9.46. The van der Waals surface area contributed by atoms with Crippen molar-refractivity contribution in [3.05, 3.63) is 23.3 Å². The van der Waals surface area contributed by atoms with E-state index in [0.29, 0.717) is 17.7 Å². The fourth-order valence-electron chi connectivity index (χ4n) is 0.770. The molecular formula is C7H6Cl2O. The lowest BCUT2D eigenvalue weighted by Gasteiger charge is -2.17. The average molecular weight is 177 g/mol. The number of carbonyl (C=O) groups excluding carboxylic acids is 1. The van der Waals surface area contributed by atoms with E-state index >= 15 is 0 Å². The van der Waals surface area contributed by atoms with Crippen LogP contribution in [0.5, 0.6) is 0 Å². The van der Waals surface area contributed by atoms with Crippen LogP contribution >= 0.6 is 23.2 Å². The summed E-state index contributed by atoms with van der Waals surface area (Å²) in [5.41, 5.74) is 0. The molecule has 0 aromatic rings. The predicted octanol–water partition coefficient (Wildman–Crippen LogP) is 2.25. The molecule has 0 fully saturated rings. The Labute approximate surface area is 69.3 Å². The second-order valence-electron chi connectivity index (χ2n) is 2.19. The molecule has 1 rings (SSSR count). The number of halogens is 2. The van der Waals surface area contributed by atoms with Gasteiger partial charge in [0.1, 0.15) is 11.2 Å². The van der Waals surface area contributed by atoms with Crippen molar-refractivity contribution in [2.24, 2.45) is 0 Å². The van der Waals surface area contributed by atoms with Gasteiger partial charge >= 0.3 is 0 Å². The van der Waals surface area contributed by atoms with Crippen LogP contribution in [0.2, 0.25) is 0 Å². The van der Waals surface area contributed by atoms with Crippen LogP contribution in [-0.2, 0) is 4.79 Å². The molecule has 0 aromatic heterocycles. The maximum absolute atomic E-state index is 10.4. The average Bonchev–Trinajstić information content (AvgIpc) is 1.88. The van der Waals surface area contributed by atoms with Crippen molar-refractivity contribution in [2.75, 3.05) is 0 Å². The molecule has 1 nitrogen and oxygen atoms in total. The summed E-state index contributed by atoms with van der Waals surface area (Å²) in [6.07, 6.45) is 6.14. The zero-order valence-electron chi connectivity index (χ0n) is 5.18. The standard InChI is InChI=1S/C7H6Cl2O/c8-6-2-1-3-7(9,4-6)5-10/h1-3,5H,4H2. The Morgan fingerprint density at radius 3 is 2.80 bits per heavy atom. The van der Waals surface area contributed by atoms with Gasteiger partial charge in [0, 0.05) is 11.5 Å². The number of hydrogen-bond donors (Lipinski definition) is 0. The van der Waals surface area contributed by atoms with Crippen molar-refractivity contribution in [1.29, 1.82) is 0 Å². The molecule has 3 heteroatoms. The van der Waals surface area contributed by atoms with Gasteiger partial charge in [-0.1, -0.05) is 23.8 Å². The van der Waals surface area contributed by atoms with Crippen molar-refractivity contribution in [1.82, 2.24) is 0 Å². The third-order valence-corrected chi connectivity index (χ3v) is 1.89. The van der Waals surface area contributed by atoms with Gasteiger partial charge < -0.3 is 4.79 Å². The minimum atomic E-state index is -0.897. The molecule has 0 aliphatic heterocycles. The van der Waals surface area contributed by atoms with E-state index in [1.54, 1.807) is 18.2 Å². The fourth-order valence-corrected chi connectivity index (χ4v) is 1.35. The third kappa shape index (κ3) is 1.61. The molecule has 1 aliphatic rings. The summed E-state index contributed by atoms with van der Waals surface area (Å²) in [7, 11) is 0. The summed E-state index contributed by atoms with van der Waals surface area (Å²) >= 11 is 11.4. The van der Waals surface area contributed by atoms with Crippen LogP contribution in [0.3, 0.4) is 0 Å². The number of allylic oxidation sites excluding steroid dienone is 4. The van der Waals surface area contributed by atoms with Crippen LogP contribution in [-0.4, -0.2) is 11.2 Å². The molecule has 0 heterocycles. The number of rotatable bonds is 1. The van der Waals surface area contributed by atoms with E-state index in [-0.39, 0.29) is 0 Å². The lowest BCUT2D eigenvalue weighted by Crippen LogP contribution is -2.21. The van der Waals surface area contributed by atoms with Crippen molar-refractivity contribution in [2.45, 2.75) is 11.3 Å². The van der Waals surface area contributed by atoms with Crippen LogP contribution in [0.25, 0.3) is 0 Å². The minimum Gasteiger partial charge on any atom is -0.301 e. The van der Waals surface area contributed by atoms with Crippen molar-refractivity contribution in [3.8, 4) is 0 Å². The van der Waals surface area contributed by atoms with Crippen molar-refractivity contribution < 1.29 is 4.79 Å². The molecular weight excluding hydrogens is 171 g/mol. The molecule has 0 saturated carbocycles. The topological polar surface area (TPSA) is 17.1 Å². The third-order valence-electron chi connectivity index (χ3n) is 1.29. The monoisotopic (exact) mass is 176 g/mol. The van der Waals surface area contributed by atoms with Crippen LogP contribution in [0.15, 0.2) is 23.3 Å². The van der Waals surface area contributed by atoms with E-state index in [1.807, 2.05) is 0 Å². The van der Waals surface area contributed by atoms with E-state index in [2.05, 4.69) is 0 Å². The molecule has 10 heavy (non-hydrogen) atoms. The molecule has 54 valence electrons. The molecule has 0 N–H and O–H groups in total. The number of aldehydes is 1. The SMILES string of the molecule is O=CC1(Cl)C=CC=C(Cl)C1. The van der Waals surface area contributed by atoms with Crippen molar-refractivity contribution >= 4 is 29.5 Å². The first kappa shape index (κ1) is 7.83. The Morgan fingerprint density at radius 1 is 1.70 bits per heavy atom. The van der Waals surface area contributed by atoms with Gasteiger partial charge in [-0.3, -0.25) is 0 Å². The smallest absolute Gasteiger partial charge is 0.145 e. The number of alkyl halides is 1. The summed E-state index contributed by atoms with van der Waals surface area (Å²) in [5, 5.41) is 0.615. The first-order valence-corrected chi connectivity index (χ1v) is 3.61. The molecule has 0 radical (unpaired) electrons. The normalized spacial score (nSPS) is 31.6. The van der Waals surface area contributed by atoms with Gasteiger partial charge in [0.2, 0.25) is 0 Å². The first-order chi connectivity index (χ1) is 4.66. The maximum Gasteiger partial charge on any atom is 0.145 e. The predicted molar refractivity (Wildman–Crippen MR) is 42.3 cm³/mol. The Balaban J connectivity index is 2.80. The molecule has 0 saturated heterocycles. The Hall–Kier alpha value is -0.270. The van der Waals surface area contributed by atoms with Crippen LogP contribution in [0.1, 0.15) is 6.42 Å². The highest BCUT2D eigenvalue weighted by atomic mass is 35.5. The van der Waals surface area contributed by atoms with Gasteiger partial charge in [-0.25, -0.2) is 0 Å². The quantitative estimate of drug-likeness (QED) is 0.443. The summed E-state index contributed by atoms with van der Waals surface area (Å²) in [6, 6.07) is 0. The van der Waals surface area contributed by atoms with Gasteiger partial charge in [0.25, 0.3) is 0 Å². The van der Waals surface area contributed by atoms with Gasteiger partial charge in [-0.2, -0.15) is 0 Å². The van der Waals surface area contributed by atoms with E-state index in [4.69, 9.17) is 23.2 Å². The molecule has 0 spiro atoms. The van der Waals surface area contributed by atoms with Gasteiger partial charge in [0.15, 0.2) is 0 Å². The second-order valence-corrected chi connectivity index (χ2v) is 3.38. The maximum atomic E-state index is 10.4.